The molecule has 3 aliphatic rings. The van der Waals surface area contributed by atoms with Crippen molar-refractivity contribution in [2.45, 2.75) is 31.3 Å². The van der Waals surface area contributed by atoms with Crippen LogP contribution in [0.1, 0.15) is 36.1 Å². The van der Waals surface area contributed by atoms with Gasteiger partial charge in [-0.15, -0.1) is 0 Å². The van der Waals surface area contributed by atoms with Crippen LogP contribution in [0.5, 0.6) is 11.5 Å². The number of nitrogens with zero attached hydrogens (tertiary/aromatic N) is 1. The quantitative estimate of drug-likeness (QED) is 0.737. The van der Waals surface area contributed by atoms with Crippen LogP contribution < -0.4 is 20.1 Å². The summed E-state index contributed by atoms with van der Waals surface area (Å²) < 4.78 is 11.1. The molecule has 0 bridgehead atoms. The van der Waals surface area contributed by atoms with E-state index in [-0.39, 0.29) is 18.5 Å². The number of urea groups is 1. The Morgan fingerprint density at radius 3 is 2.77 bits per heavy atom. The average molecular weight is 421 g/mol. The van der Waals surface area contributed by atoms with E-state index < -0.39 is 17.5 Å². The number of hydrogen-bond donors (Lipinski definition) is 2. The first kappa shape index (κ1) is 19.4. The lowest BCUT2D eigenvalue weighted by atomic mass is 9.92. The molecule has 8 heteroatoms. The minimum Gasteiger partial charge on any atom is -0.486 e. The molecule has 1 spiro atoms. The van der Waals surface area contributed by atoms with Crippen molar-refractivity contribution < 1.29 is 23.9 Å². The molecule has 8 nitrogen and oxygen atoms in total. The lowest BCUT2D eigenvalue weighted by Crippen LogP contribution is -2.44. The van der Waals surface area contributed by atoms with Crippen molar-refractivity contribution in [2.75, 3.05) is 19.8 Å². The van der Waals surface area contributed by atoms with Crippen molar-refractivity contribution in [3.05, 3.63) is 59.2 Å². The van der Waals surface area contributed by atoms with E-state index in [1.165, 1.54) is 0 Å². The standard InChI is InChI=1S/C23H23N3O5/c1-14(16-6-7-18-19(12-16)31-11-10-30-18)24-20(27)13-26-21(28)23(25-22(26)29)9-8-15-4-2-3-5-17(15)23/h2-7,12,14H,8-11,13H2,1H3,(H,24,27)(H,25,29)/t14-,23-/m1/s1. The molecule has 2 aromatic carbocycles. The van der Waals surface area contributed by atoms with Gasteiger partial charge in [0.25, 0.3) is 5.91 Å². The maximum atomic E-state index is 13.2. The fraction of sp³-hybridized carbons (Fsp3) is 0.348. The van der Waals surface area contributed by atoms with E-state index in [9.17, 15) is 14.4 Å². The summed E-state index contributed by atoms with van der Waals surface area (Å²) in [5.74, 6) is 0.537. The number of carbonyl (C=O) groups excluding carboxylic acids is 3. The van der Waals surface area contributed by atoms with E-state index >= 15 is 0 Å². The molecule has 2 aromatic rings. The van der Waals surface area contributed by atoms with E-state index in [2.05, 4.69) is 10.6 Å². The zero-order valence-electron chi connectivity index (χ0n) is 17.1. The van der Waals surface area contributed by atoms with Gasteiger partial charge in [0.1, 0.15) is 25.3 Å². The molecule has 0 unspecified atom stereocenters. The zero-order chi connectivity index (χ0) is 21.6. The first-order chi connectivity index (χ1) is 15.0. The minimum absolute atomic E-state index is 0.328. The van der Waals surface area contributed by atoms with Gasteiger partial charge >= 0.3 is 6.03 Å². The Bertz CT molecular complexity index is 1080. The van der Waals surface area contributed by atoms with Crippen LogP contribution in [0.4, 0.5) is 4.79 Å². The number of hydrogen-bond acceptors (Lipinski definition) is 5. The minimum atomic E-state index is -1.06. The van der Waals surface area contributed by atoms with E-state index in [0.717, 1.165) is 21.6 Å². The van der Waals surface area contributed by atoms with Gasteiger partial charge in [-0.2, -0.15) is 0 Å². The predicted octanol–water partition coefficient (Wildman–Crippen LogP) is 2.03. The highest BCUT2D eigenvalue weighted by Gasteiger charge is 2.55. The molecule has 5 rings (SSSR count). The summed E-state index contributed by atoms with van der Waals surface area (Å²) in [6.07, 6.45) is 1.21. The first-order valence-electron chi connectivity index (χ1n) is 10.4. The Balaban J connectivity index is 1.28. The van der Waals surface area contributed by atoms with Crippen molar-refractivity contribution in [1.82, 2.24) is 15.5 Å². The number of aryl methyl sites for hydroxylation is 1. The van der Waals surface area contributed by atoms with Gasteiger partial charge in [-0.3, -0.25) is 14.5 Å². The van der Waals surface area contributed by atoms with E-state index in [1.54, 1.807) is 0 Å². The van der Waals surface area contributed by atoms with Crippen molar-refractivity contribution in [3.63, 3.8) is 0 Å². The molecule has 31 heavy (non-hydrogen) atoms. The number of amides is 4. The summed E-state index contributed by atoms with van der Waals surface area (Å²) in [6, 6.07) is 12.2. The van der Waals surface area contributed by atoms with Gasteiger partial charge in [0, 0.05) is 0 Å². The zero-order valence-corrected chi connectivity index (χ0v) is 17.1. The molecule has 4 amide bonds. The highest BCUT2D eigenvalue weighted by atomic mass is 16.6. The number of carbonyl (C=O) groups is 3. The van der Waals surface area contributed by atoms with Crippen LogP contribution in [0.2, 0.25) is 0 Å². The van der Waals surface area contributed by atoms with Gasteiger partial charge in [0.15, 0.2) is 11.5 Å². The van der Waals surface area contributed by atoms with Crippen LogP contribution in [0.25, 0.3) is 0 Å². The lowest BCUT2D eigenvalue weighted by molar-refractivity contribution is -0.135. The van der Waals surface area contributed by atoms with Gasteiger partial charge in [0.05, 0.1) is 6.04 Å². The smallest absolute Gasteiger partial charge is 0.325 e. The highest BCUT2D eigenvalue weighted by Crippen LogP contribution is 2.41. The second kappa shape index (κ2) is 7.30. The molecule has 1 aliphatic carbocycles. The third-order valence-electron chi connectivity index (χ3n) is 6.17. The summed E-state index contributed by atoms with van der Waals surface area (Å²) in [4.78, 5) is 39.5. The lowest BCUT2D eigenvalue weighted by Gasteiger charge is -2.23. The molecule has 0 saturated carbocycles. The fourth-order valence-corrected chi connectivity index (χ4v) is 4.58. The monoisotopic (exact) mass is 421 g/mol. The number of ether oxygens (including phenoxy) is 2. The summed E-state index contributed by atoms with van der Waals surface area (Å²) in [5, 5.41) is 5.70. The number of fused-ring (bicyclic) bond motifs is 3. The van der Waals surface area contributed by atoms with Crippen molar-refractivity contribution in [2.24, 2.45) is 0 Å². The van der Waals surface area contributed by atoms with Crippen molar-refractivity contribution >= 4 is 17.8 Å². The van der Waals surface area contributed by atoms with Crippen LogP contribution in [0.15, 0.2) is 42.5 Å². The third kappa shape index (κ3) is 3.19. The highest BCUT2D eigenvalue weighted by molar-refractivity contribution is 6.09. The van der Waals surface area contributed by atoms with Crippen LogP contribution >= 0.6 is 0 Å². The Hall–Kier alpha value is -3.55. The molecule has 0 radical (unpaired) electrons. The summed E-state index contributed by atoms with van der Waals surface area (Å²) in [6.45, 7) is 2.50. The topological polar surface area (TPSA) is 97.0 Å². The van der Waals surface area contributed by atoms with Crippen LogP contribution in [-0.2, 0) is 21.5 Å². The maximum Gasteiger partial charge on any atom is 0.325 e. The molecule has 2 atom stereocenters. The summed E-state index contributed by atoms with van der Waals surface area (Å²) in [7, 11) is 0. The molecule has 160 valence electrons. The number of imide groups is 1. The summed E-state index contributed by atoms with van der Waals surface area (Å²) >= 11 is 0. The molecule has 2 N–H and O–H groups in total. The molecule has 2 heterocycles. The van der Waals surface area contributed by atoms with Gasteiger partial charge in [0.2, 0.25) is 5.91 Å². The van der Waals surface area contributed by atoms with E-state index in [0.29, 0.717) is 37.6 Å². The SMILES string of the molecule is C[C@@H](NC(=O)CN1C(=O)N[C@@]2(CCc3ccccc32)C1=O)c1ccc2c(c1)OCCO2. The van der Waals surface area contributed by atoms with Gasteiger partial charge in [-0.25, -0.2) is 4.79 Å². The van der Waals surface area contributed by atoms with Crippen LogP contribution in [-0.4, -0.2) is 42.5 Å². The van der Waals surface area contributed by atoms with E-state index in [4.69, 9.17) is 9.47 Å². The number of benzene rings is 2. The molecular formula is C23H23N3O5. The largest absolute Gasteiger partial charge is 0.486 e. The second-order valence-corrected chi connectivity index (χ2v) is 8.08. The van der Waals surface area contributed by atoms with Crippen LogP contribution in [0.3, 0.4) is 0 Å². The normalized spacial score (nSPS) is 22.3. The molecule has 0 aromatic heterocycles. The van der Waals surface area contributed by atoms with Crippen molar-refractivity contribution in [3.8, 4) is 11.5 Å². The summed E-state index contributed by atoms with van der Waals surface area (Å²) in [5.41, 5.74) is 1.65. The average Bonchev–Trinajstić information content (AvgIpc) is 3.26. The fourth-order valence-electron chi connectivity index (χ4n) is 4.58. The molecular weight excluding hydrogens is 398 g/mol. The number of rotatable bonds is 4. The first-order valence-corrected chi connectivity index (χ1v) is 10.4. The predicted molar refractivity (Wildman–Crippen MR) is 111 cm³/mol. The Morgan fingerprint density at radius 1 is 1.16 bits per heavy atom. The molecule has 2 aliphatic heterocycles. The van der Waals surface area contributed by atoms with Gasteiger partial charge in [-0.05, 0) is 48.6 Å². The Kier molecular flexibility index (Phi) is 4.57. The second-order valence-electron chi connectivity index (χ2n) is 8.08. The molecule has 1 saturated heterocycles. The van der Waals surface area contributed by atoms with E-state index in [1.807, 2.05) is 49.4 Å². The van der Waals surface area contributed by atoms with Gasteiger partial charge < -0.3 is 20.1 Å². The Morgan fingerprint density at radius 2 is 1.94 bits per heavy atom. The third-order valence-corrected chi connectivity index (χ3v) is 6.17. The molecule has 1 fully saturated rings. The van der Waals surface area contributed by atoms with Crippen molar-refractivity contribution in [1.29, 1.82) is 0 Å². The van der Waals surface area contributed by atoms with Crippen LogP contribution in [0, 0.1) is 0 Å². The maximum absolute atomic E-state index is 13.2. The number of nitrogens with one attached hydrogen (secondary N) is 2. The van der Waals surface area contributed by atoms with Gasteiger partial charge in [-0.1, -0.05) is 30.3 Å². The Labute approximate surface area is 179 Å².